The zero-order valence-corrected chi connectivity index (χ0v) is 14.1. The summed E-state index contributed by atoms with van der Waals surface area (Å²) in [7, 11) is 0. The predicted octanol–water partition coefficient (Wildman–Crippen LogP) is 3.03. The van der Waals surface area contributed by atoms with E-state index in [1.54, 1.807) is 12.1 Å². The van der Waals surface area contributed by atoms with Gasteiger partial charge in [0.05, 0.1) is 6.54 Å². The van der Waals surface area contributed by atoms with Crippen LogP contribution in [0, 0.1) is 11.3 Å². The van der Waals surface area contributed by atoms with E-state index in [4.69, 9.17) is 14.4 Å². The quantitative estimate of drug-likeness (QED) is 0.923. The van der Waals surface area contributed by atoms with Gasteiger partial charge in [0.1, 0.15) is 17.4 Å². The molecule has 2 rings (SSSR count). The van der Waals surface area contributed by atoms with E-state index >= 15 is 0 Å². The largest absolute Gasteiger partial charge is 0.449 e. The number of ether oxygens (including phenoxy) is 1. The van der Waals surface area contributed by atoms with Gasteiger partial charge in [-0.15, -0.1) is 0 Å². The molecular formula is C17H25N3O3. The Hall–Kier alpha value is -2.00. The normalized spacial score (nSPS) is 18.5. The number of rotatable bonds is 4. The Morgan fingerprint density at radius 3 is 2.91 bits per heavy atom. The van der Waals surface area contributed by atoms with Gasteiger partial charge in [-0.3, -0.25) is 0 Å². The van der Waals surface area contributed by atoms with Crippen LogP contribution in [0.15, 0.2) is 16.5 Å². The highest BCUT2D eigenvalue weighted by Crippen LogP contribution is 2.20. The second kappa shape index (κ2) is 7.51. The minimum atomic E-state index is -0.478. The summed E-state index contributed by atoms with van der Waals surface area (Å²) in [6.07, 6.45) is 2.85. The lowest BCUT2D eigenvalue weighted by Crippen LogP contribution is -2.50. The molecule has 1 aromatic rings. The number of carbonyl (C=O) groups is 1. The van der Waals surface area contributed by atoms with Gasteiger partial charge in [0, 0.05) is 19.1 Å². The standard InChI is InChI=1S/C17H25N3O3/c1-17(2,3)23-16(21)20-9-5-4-6-13(20)11-19-12-15-8-7-14(10-18)22-15/h7-8,13,19H,4-6,9,11-12H2,1-3H3. The summed E-state index contributed by atoms with van der Waals surface area (Å²) in [5.74, 6) is 1.04. The van der Waals surface area contributed by atoms with Gasteiger partial charge in [-0.05, 0) is 52.2 Å². The highest BCUT2D eigenvalue weighted by Gasteiger charge is 2.30. The molecule has 0 saturated carbocycles. The number of piperidine rings is 1. The summed E-state index contributed by atoms with van der Waals surface area (Å²) >= 11 is 0. The van der Waals surface area contributed by atoms with Crippen LogP contribution in [0.2, 0.25) is 0 Å². The number of nitrogens with one attached hydrogen (secondary N) is 1. The first kappa shape index (κ1) is 17.4. The average Bonchev–Trinajstić information content (AvgIpc) is 2.94. The van der Waals surface area contributed by atoms with Crippen molar-refractivity contribution >= 4 is 6.09 Å². The molecule has 1 aromatic heterocycles. The van der Waals surface area contributed by atoms with Crippen LogP contribution in [-0.4, -0.2) is 35.7 Å². The van der Waals surface area contributed by atoms with Crippen molar-refractivity contribution in [1.82, 2.24) is 10.2 Å². The first-order valence-electron chi connectivity index (χ1n) is 8.08. The van der Waals surface area contributed by atoms with E-state index in [9.17, 15) is 4.79 Å². The van der Waals surface area contributed by atoms with Crippen LogP contribution in [0.1, 0.15) is 51.6 Å². The van der Waals surface area contributed by atoms with Gasteiger partial charge >= 0.3 is 6.09 Å². The molecule has 0 radical (unpaired) electrons. The second-order valence-electron chi connectivity index (χ2n) is 6.83. The molecule has 1 fully saturated rings. The number of hydrogen-bond donors (Lipinski definition) is 1. The zero-order chi connectivity index (χ0) is 16.9. The Bertz CT molecular complexity index is 568. The first-order chi connectivity index (χ1) is 10.9. The molecule has 1 aliphatic rings. The van der Waals surface area contributed by atoms with Crippen molar-refractivity contribution in [3.05, 3.63) is 23.7 Å². The van der Waals surface area contributed by atoms with Gasteiger partial charge in [0.2, 0.25) is 5.76 Å². The number of amides is 1. The number of hydrogen-bond acceptors (Lipinski definition) is 5. The number of nitrogens with zero attached hydrogens (tertiary/aromatic N) is 2. The molecule has 6 nitrogen and oxygen atoms in total. The fraction of sp³-hybridized carbons (Fsp3) is 0.647. The van der Waals surface area contributed by atoms with Crippen molar-refractivity contribution in [2.24, 2.45) is 0 Å². The monoisotopic (exact) mass is 319 g/mol. The average molecular weight is 319 g/mol. The molecule has 126 valence electrons. The SMILES string of the molecule is CC(C)(C)OC(=O)N1CCCCC1CNCc1ccc(C#N)o1. The second-order valence-corrected chi connectivity index (χ2v) is 6.83. The summed E-state index contributed by atoms with van der Waals surface area (Å²) in [6.45, 7) is 7.60. The lowest BCUT2D eigenvalue weighted by atomic mass is 10.0. The van der Waals surface area contributed by atoms with E-state index in [0.29, 0.717) is 18.8 Å². The molecule has 23 heavy (non-hydrogen) atoms. The van der Waals surface area contributed by atoms with Gasteiger partial charge in [-0.2, -0.15) is 5.26 Å². The van der Waals surface area contributed by atoms with Gasteiger partial charge in [-0.25, -0.2) is 4.79 Å². The molecule has 1 atom stereocenters. The van der Waals surface area contributed by atoms with Crippen LogP contribution in [0.25, 0.3) is 0 Å². The Kier molecular flexibility index (Phi) is 5.67. The Morgan fingerprint density at radius 2 is 2.26 bits per heavy atom. The smallest absolute Gasteiger partial charge is 0.410 e. The fourth-order valence-corrected chi connectivity index (χ4v) is 2.67. The van der Waals surface area contributed by atoms with Crippen LogP contribution in [0.5, 0.6) is 0 Å². The first-order valence-corrected chi connectivity index (χ1v) is 8.08. The molecule has 1 saturated heterocycles. The van der Waals surface area contributed by atoms with Gasteiger partial charge < -0.3 is 19.4 Å². The fourth-order valence-electron chi connectivity index (χ4n) is 2.67. The predicted molar refractivity (Wildman–Crippen MR) is 85.7 cm³/mol. The molecule has 6 heteroatoms. The van der Waals surface area contributed by atoms with E-state index in [1.807, 2.05) is 31.7 Å². The van der Waals surface area contributed by atoms with Crippen LogP contribution in [-0.2, 0) is 11.3 Å². The molecule has 1 unspecified atom stereocenters. The Labute approximate surface area is 137 Å². The third-order valence-corrected chi connectivity index (χ3v) is 3.71. The van der Waals surface area contributed by atoms with E-state index in [1.165, 1.54) is 0 Å². The summed E-state index contributed by atoms with van der Waals surface area (Å²) < 4.78 is 10.8. The maximum absolute atomic E-state index is 12.3. The van der Waals surface area contributed by atoms with Crippen molar-refractivity contribution in [2.45, 2.75) is 58.2 Å². The molecule has 1 amide bonds. The lowest BCUT2D eigenvalue weighted by Gasteiger charge is -2.36. The summed E-state index contributed by atoms with van der Waals surface area (Å²) in [6, 6.07) is 5.54. The molecule has 0 aliphatic carbocycles. The third kappa shape index (κ3) is 5.29. The molecule has 0 spiro atoms. The van der Waals surface area contributed by atoms with Gasteiger partial charge in [-0.1, -0.05) is 0 Å². The highest BCUT2D eigenvalue weighted by atomic mass is 16.6. The van der Waals surface area contributed by atoms with Crippen molar-refractivity contribution < 1.29 is 13.9 Å². The number of furan rings is 1. The van der Waals surface area contributed by atoms with Crippen LogP contribution < -0.4 is 5.32 Å². The Balaban J connectivity index is 1.86. The topological polar surface area (TPSA) is 78.5 Å². The lowest BCUT2D eigenvalue weighted by molar-refractivity contribution is 0.00990. The maximum atomic E-state index is 12.3. The summed E-state index contributed by atoms with van der Waals surface area (Å²) in [5.41, 5.74) is -0.478. The number of carbonyl (C=O) groups excluding carboxylic acids is 1. The molecule has 1 N–H and O–H groups in total. The summed E-state index contributed by atoms with van der Waals surface area (Å²) in [5, 5.41) is 12.1. The molecule has 0 bridgehead atoms. The molecule has 1 aliphatic heterocycles. The van der Waals surface area contributed by atoms with Crippen molar-refractivity contribution in [1.29, 1.82) is 5.26 Å². The van der Waals surface area contributed by atoms with E-state index in [0.717, 1.165) is 31.6 Å². The number of nitriles is 1. The highest BCUT2D eigenvalue weighted by molar-refractivity contribution is 5.68. The van der Waals surface area contributed by atoms with Crippen molar-refractivity contribution in [3.8, 4) is 6.07 Å². The van der Waals surface area contributed by atoms with E-state index in [-0.39, 0.29) is 12.1 Å². The summed E-state index contributed by atoms with van der Waals surface area (Å²) in [4.78, 5) is 14.1. The minimum absolute atomic E-state index is 0.129. The van der Waals surface area contributed by atoms with Crippen LogP contribution in [0.4, 0.5) is 4.79 Å². The van der Waals surface area contributed by atoms with Gasteiger partial charge in [0.15, 0.2) is 0 Å². The van der Waals surface area contributed by atoms with E-state index < -0.39 is 5.60 Å². The van der Waals surface area contributed by atoms with Gasteiger partial charge in [0.25, 0.3) is 0 Å². The molecular weight excluding hydrogens is 294 g/mol. The van der Waals surface area contributed by atoms with Crippen LogP contribution in [0.3, 0.4) is 0 Å². The Morgan fingerprint density at radius 1 is 1.48 bits per heavy atom. The third-order valence-electron chi connectivity index (χ3n) is 3.71. The van der Waals surface area contributed by atoms with Crippen LogP contribution >= 0.6 is 0 Å². The van der Waals surface area contributed by atoms with E-state index in [2.05, 4.69) is 5.32 Å². The van der Waals surface area contributed by atoms with Crippen molar-refractivity contribution in [2.75, 3.05) is 13.1 Å². The maximum Gasteiger partial charge on any atom is 0.410 e. The number of likely N-dealkylation sites (tertiary alicyclic amines) is 1. The molecule has 0 aromatic carbocycles. The van der Waals surface area contributed by atoms with Crippen molar-refractivity contribution in [3.63, 3.8) is 0 Å². The zero-order valence-electron chi connectivity index (χ0n) is 14.1. The molecule has 2 heterocycles. The minimum Gasteiger partial charge on any atom is -0.449 e.